The van der Waals surface area contributed by atoms with Crippen LogP contribution < -0.4 is 14.8 Å². The van der Waals surface area contributed by atoms with Crippen LogP contribution in [0.2, 0.25) is 0 Å². The maximum absolute atomic E-state index is 12.2. The maximum Gasteiger partial charge on any atom is 0.341 e. The first-order valence-corrected chi connectivity index (χ1v) is 13.6. The van der Waals surface area contributed by atoms with E-state index in [1.165, 1.54) is 30.3 Å². The molecule has 0 fully saturated rings. The Labute approximate surface area is 216 Å². The molecular formula is C24H24N3O8S2-. The Bertz CT molecular complexity index is 1470. The number of carbonyl (C=O) groups is 1. The number of aromatic hydroxyl groups is 1. The van der Waals surface area contributed by atoms with Crippen LogP contribution in [-0.2, 0) is 32.3 Å². The lowest BCUT2D eigenvalue weighted by molar-refractivity contribution is -0.139. The summed E-state index contributed by atoms with van der Waals surface area (Å²) < 4.78 is 54.8. The van der Waals surface area contributed by atoms with Crippen molar-refractivity contribution in [3.8, 4) is 22.6 Å². The summed E-state index contributed by atoms with van der Waals surface area (Å²) in [6, 6.07) is 14.9. The van der Waals surface area contributed by atoms with Gasteiger partial charge < -0.3 is 25.2 Å². The number of nitrogens with two attached hydrogens (primary N) is 1. The van der Waals surface area contributed by atoms with Crippen molar-refractivity contribution in [2.24, 2.45) is 5.73 Å². The molecule has 1 atom stereocenters. The van der Waals surface area contributed by atoms with Gasteiger partial charge in [0.1, 0.15) is 17.3 Å². The molecule has 3 rings (SSSR count). The molecule has 0 heterocycles. The Morgan fingerprint density at radius 1 is 1.16 bits per heavy atom. The summed E-state index contributed by atoms with van der Waals surface area (Å²) in [5.74, 6) is -1.76. The van der Waals surface area contributed by atoms with Gasteiger partial charge >= 0.3 is 5.97 Å². The van der Waals surface area contributed by atoms with Crippen LogP contribution in [0, 0.1) is 5.41 Å². The maximum atomic E-state index is 12.2. The molecular weight excluding hydrogens is 522 g/mol. The number of phenolic OH excluding ortho intramolecular Hbond substituents is 1. The van der Waals surface area contributed by atoms with Gasteiger partial charge in [-0.25, -0.2) is 13.2 Å². The Morgan fingerprint density at radius 3 is 2.49 bits per heavy atom. The second-order valence-electron chi connectivity index (χ2n) is 7.96. The van der Waals surface area contributed by atoms with E-state index < -0.39 is 33.7 Å². The van der Waals surface area contributed by atoms with E-state index in [1.54, 1.807) is 30.3 Å². The first kappa shape index (κ1) is 27.6. The Kier molecular flexibility index (Phi) is 8.53. The van der Waals surface area contributed by atoms with Crippen LogP contribution in [0.25, 0.3) is 11.1 Å². The Morgan fingerprint density at radius 2 is 1.86 bits per heavy atom. The molecule has 3 aromatic carbocycles. The number of sulfone groups is 1. The number of aliphatic carboxylic acids is 1. The fourth-order valence-electron chi connectivity index (χ4n) is 3.62. The molecule has 37 heavy (non-hydrogen) atoms. The van der Waals surface area contributed by atoms with Crippen molar-refractivity contribution in [1.82, 2.24) is 0 Å². The number of nitrogen functional groups attached to an aromatic ring is 1. The van der Waals surface area contributed by atoms with Gasteiger partial charge in [0.2, 0.25) is 0 Å². The second kappa shape index (κ2) is 11.4. The van der Waals surface area contributed by atoms with Gasteiger partial charge in [0.25, 0.3) is 0 Å². The van der Waals surface area contributed by atoms with Crippen LogP contribution in [0.1, 0.15) is 11.1 Å². The van der Waals surface area contributed by atoms with Crippen molar-refractivity contribution >= 4 is 38.6 Å². The van der Waals surface area contributed by atoms with E-state index in [-0.39, 0.29) is 46.4 Å². The molecule has 5 N–H and O–H groups in total. The summed E-state index contributed by atoms with van der Waals surface area (Å²) in [6.45, 7) is -0.851. The second-order valence-corrected chi connectivity index (χ2v) is 10.8. The van der Waals surface area contributed by atoms with Crippen LogP contribution in [0.3, 0.4) is 0 Å². The van der Waals surface area contributed by atoms with Gasteiger partial charge in [0.15, 0.2) is 16.4 Å². The van der Waals surface area contributed by atoms with Gasteiger partial charge in [0, 0.05) is 35.2 Å². The molecule has 0 aromatic heterocycles. The third-order valence-corrected chi connectivity index (χ3v) is 7.23. The lowest BCUT2D eigenvalue weighted by atomic mass is 10.0. The molecule has 11 nitrogen and oxygen atoms in total. The van der Waals surface area contributed by atoms with E-state index in [0.717, 1.165) is 10.6 Å². The number of hydrogen-bond acceptors (Lipinski definition) is 8. The van der Waals surface area contributed by atoms with E-state index in [2.05, 4.69) is 0 Å². The minimum absolute atomic E-state index is 0.0423. The lowest BCUT2D eigenvalue weighted by Gasteiger charge is -2.28. The van der Waals surface area contributed by atoms with E-state index in [0.29, 0.717) is 16.7 Å². The zero-order chi connectivity index (χ0) is 27.3. The normalized spacial score (nSPS) is 12.1. The largest absolute Gasteiger partial charge is 0.755 e. The van der Waals surface area contributed by atoms with Crippen molar-refractivity contribution in [3.63, 3.8) is 0 Å². The average Bonchev–Trinajstić information content (AvgIpc) is 2.83. The summed E-state index contributed by atoms with van der Waals surface area (Å²) >= 11 is -2.81. The number of rotatable bonds is 11. The third-order valence-electron chi connectivity index (χ3n) is 5.34. The molecule has 0 amide bonds. The van der Waals surface area contributed by atoms with Crippen molar-refractivity contribution < 1.29 is 36.9 Å². The van der Waals surface area contributed by atoms with Gasteiger partial charge in [0.05, 0.1) is 10.6 Å². The Balaban J connectivity index is 1.99. The van der Waals surface area contributed by atoms with Gasteiger partial charge in [-0.3, -0.25) is 13.9 Å². The minimum atomic E-state index is -3.56. The summed E-state index contributed by atoms with van der Waals surface area (Å²) in [5.41, 5.74) is 6.90. The van der Waals surface area contributed by atoms with Gasteiger partial charge in [-0.1, -0.05) is 30.3 Å². The summed E-state index contributed by atoms with van der Waals surface area (Å²) in [6.07, 6.45) is 1.12. The monoisotopic (exact) mass is 546 g/mol. The third kappa shape index (κ3) is 6.84. The van der Waals surface area contributed by atoms with Crippen molar-refractivity contribution in [2.45, 2.75) is 11.3 Å². The predicted octanol–water partition coefficient (Wildman–Crippen LogP) is 2.05. The first-order valence-electron chi connectivity index (χ1n) is 10.7. The summed E-state index contributed by atoms with van der Waals surface area (Å²) in [4.78, 5) is 11.2. The fraction of sp³-hybridized carbons (Fsp3) is 0.167. The fourth-order valence-corrected chi connectivity index (χ4v) is 5.08. The molecule has 3 aromatic rings. The van der Waals surface area contributed by atoms with Crippen LogP contribution in [-0.4, -0.2) is 58.6 Å². The molecule has 0 saturated heterocycles. The number of nitrogens with one attached hydrogen (secondary N) is 1. The van der Waals surface area contributed by atoms with Crippen LogP contribution in [0.5, 0.6) is 11.5 Å². The number of hydrogen-bond donors (Lipinski definition) is 4. The average molecular weight is 547 g/mol. The highest BCUT2D eigenvalue weighted by Gasteiger charge is 2.18. The highest BCUT2D eigenvalue weighted by atomic mass is 32.2. The summed E-state index contributed by atoms with van der Waals surface area (Å²) in [5, 5.41) is 26.9. The molecule has 196 valence electrons. The van der Waals surface area contributed by atoms with E-state index in [9.17, 15) is 27.1 Å². The highest BCUT2D eigenvalue weighted by Crippen LogP contribution is 2.33. The number of benzene rings is 3. The van der Waals surface area contributed by atoms with Gasteiger partial charge in [-0.15, -0.1) is 0 Å². The number of carboxylic acid groups (broad SMARTS) is 1. The zero-order valence-corrected chi connectivity index (χ0v) is 21.2. The van der Waals surface area contributed by atoms with Crippen LogP contribution >= 0.6 is 0 Å². The van der Waals surface area contributed by atoms with Crippen molar-refractivity contribution in [3.05, 3.63) is 71.8 Å². The van der Waals surface area contributed by atoms with Crippen molar-refractivity contribution in [1.29, 1.82) is 5.41 Å². The number of phenols is 1. The van der Waals surface area contributed by atoms with Gasteiger partial charge in [-0.2, -0.15) is 0 Å². The number of amidine groups is 1. The minimum Gasteiger partial charge on any atom is -0.755 e. The topological polar surface area (TPSA) is 194 Å². The molecule has 0 saturated carbocycles. The lowest BCUT2D eigenvalue weighted by Crippen LogP contribution is -2.28. The predicted molar refractivity (Wildman–Crippen MR) is 137 cm³/mol. The molecule has 0 aliphatic rings. The number of ether oxygens (including phenoxy) is 1. The highest BCUT2D eigenvalue weighted by molar-refractivity contribution is 7.90. The number of anilines is 1. The molecule has 0 radical (unpaired) electrons. The van der Waals surface area contributed by atoms with E-state index >= 15 is 0 Å². The van der Waals surface area contributed by atoms with Crippen molar-refractivity contribution in [2.75, 3.05) is 23.7 Å². The van der Waals surface area contributed by atoms with E-state index in [4.69, 9.17) is 21.0 Å². The molecule has 0 aliphatic heterocycles. The zero-order valence-electron chi connectivity index (χ0n) is 19.6. The number of nitrogens with zero attached hydrogens (tertiary/aromatic N) is 1. The number of carboxylic acids is 1. The van der Waals surface area contributed by atoms with E-state index in [1.807, 2.05) is 0 Å². The van der Waals surface area contributed by atoms with Crippen LogP contribution in [0.15, 0.2) is 65.6 Å². The SMILES string of the molecule is CS(=O)(=O)c1ccccc1-c1ccc(CCN(c2cc(C(=N)N)ccc2O)S(=O)[O-])c(OCC(=O)O)c1. The van der Waals surface area contributed by atoms with Crippen LogP contribution in [0.4, 0.5) is 5.69 Å². The molecule has 0 bridgehead atoms. The molecule has 13 heteroatoms. The van der Waals surface area contributed by atoms with Gasteiger partial charge in [-0.05, 0) is 47.9 Å². The molecule has 1 unspecified atom stereocenters. The first-order chi connectivity index (χ1) is 17.4. The molecule has 0 spiro atoms. The Hall–Kier alpha value is -3.94. The smallest absolute Gasteiger partial charge is 0.341 e. The molecule has 0 aliphatic carbocycles. The summed E-state index contributed by atoms with van der Waals surface area (Å²) in [7, 11) is -3.56. The quantitative estimate of drug-likeness (QED) is 0.158. The standard InChI is InChI=1S/C24H25N3O8S2/c1-37(33,34)22-5-3-2-4-18(22)16-7-6-15(21(13-16)35-14-23(29)30)10-11-27(36(31)32)19-12-17(24(25)26)8-9-20(19)28/h2-9,12-13,28H,10-11,14H2,1H3,(H3,25,26)(H,29,30)(H,31,32)/p-1.